The zero-order chi connectivity index (χ0) is 17.2. The van der Waals surface area contributed by atoms with Crippen molar-refractivity contribution in [1.29, 1.82) is 0 Å². The minimum atomic E-state index is -0.0880. The van der Waals surface area contributed by atoms with E-state index in [2.05, 4.69) is 57.6 Å². The van der Waals surface area contributed by atoms with E-state index in [-0.39, 0.29) is 5.91 Å². The summed E-state index contributed by atoms with van der Waals surface area (Å²) >= 11 is 3.36. The fraction of sp³-hybridized carbons (Fsp3) is 0.529. The summed E-state index contributed by atoms with van der Waals surface area (Å²) in [5, 5.41) is 9.46. The van der Waals surface area contributed by atoms with E-state index in [0.717, 1.165) is 17.0 Å². The quantitative estimate of drug-likeness (QED) is 0.385. The zero-order valence-corrected chi connectivity index (χ0v) is 15.9. The van der Waals surface area contributed by atoms with Gasteiger partial charge in [0, 0.05) is 29.2 Å². The Balaban J connectivity index is 2.46. The molecular formula is C17H27BrN4O. The van der Waals surface area contributed by atoms with E-state index in [1.807, 2.05) is 19.1 Å². The second kappa shape index (κ2) is 10.3. The van der Waals surface area contributed by atoms with Gasteiger partial charge in [0.15, 0.2) is 5.96 Å². The second-order valence-corrected chi connectivity index (χ2v) is 6.62. The number of guanidine groups is 1. The summed E-state index contributed by atoms with van der Waals surface area (Å²) in [6.07, 6.45) is 0. The molecule has 3 N–H and O–H groups in total. The molecule has 0 heterocycles. The number of hydrogen-bond acceptors (Lipinski definition) is 2. The van der Waals surface area contributed by atoms with Crippen LogP contribution in [0.1, 0.15) is 38.1 Å². The van der Waals surface area contributed by atoms with Crippen LogP contribution < -0.4 is 16.0 Å². The van der Waals surface area contributed by atoms with Gasteiger partial charge < -0.3 is 16.0 Å². The molecule has 0 bridgehead atoms. The first kappa shape index (κ1) is 19.5. The van der Waals surface area contributed by atoms with Crippen molar-refractivity contribution < 1.29 is 4.79 Å². The minimum Gasteiger partial charge on any atom is -0.357 e. The molecule has 6 heteroatoms. The first-order valence-corrected chi connectivity index (χ1v) is 8.82. The number of benzene rings is 1. The Hall–Kier alpha value is -1.56. The average Bonchev–Trinajstić information content (AvgIpc) is 2.51. The summed E-state index contributed by atoms with van der Waals surface area (Å²) < 4.78 is 0.893. The third-order valence-electron chi connectivity index (χ3n) is 3.46. The summed E-state index contributed by atoms with van der Waals surface area (Å²) in [4.78, 5) is 16.5. The van der Waals surface area contributed by atoms with Crippen LogP contribution in [0.4, 0.5) is 0 Å². The van der Waals surface area contributed by atoms with Crippen molar-refractivity contribution in [2.45, 2.75) is 33.7 Å². The number of nitrogens with zero attached hydrogens (tertiary/aromatic N) is 1. The SMILES string of the molecule is CCNC(=NCCNC(=O)c1cccc(Br)c1)NC(C)C(C)C. The molecule has 23 heavy (non-hydrogen) atoms. The van der Waals surface area contributed by atoms with Gasteiger partial charge in [-0.15, -0.1) is 0 Å². The topological polar surface area (TPSA) is 65.5 Å². The first-order chi connectivity index (χ1) is 10.9. The van der Waals surface area contributed by atoms with Crippen LogP contribution in [0, 0.1) is 5.92 Å². The predicted molar refractivity (Wildman–Crippen MR) is 99.9 cm³/mol. The van der Waals surface area contributed by atoms with Crippen molar-refractivity contribution in [2.24, 2.45) is 10.9 Å². The molecule has 0 radical (unpaired) electrons. The van der Waals surface area contributed by atoms with Gasteiger partial charge in [-0.1, -0.05) is 35.8 Å². The number of carbonyl (C=O) groups excluding carboxylic acids is 1. The highest BCUT2D eigenvalue weighted by Gasteiger charge is 2.09. The smallest absolute Gasteiger partial charge is 0.251 e. The minimum absolute atomic E-state index is 0.0880. The number of carbonyl (C=O) groups is 1. The van der Waals surface area contributed by atoms with Gasteiger partial charge in [0.05, 0.1) is 6.54 Å². The van der Waals surface area contributed by atoms with Crippen molar-refractivity contribution in [2.75, 3.05) is 19.6 Å². The normalized spacial score (nSPS) is 12.9. The Morgan fingerprint density at radius 3 is 2.61 bits per heavy atom. The lowest BCUT2D eigenvalue weighted by Crippen LogP contribution is -2.44. The maximum atomic E-state index is 12.0. The molecule has 0 aliphatic carbocycles. The lowest BCUT2D eigenvalue weighted by Gasteiger charge is -2.20. The molecule has 128 valence electrons. The molecule has 0 aromatic heterocycles. The molecule has 1 amide bonds. The summed E-state index contributed by atoms with van der Waals surface area (Å²) in [6.45, 7) is 10.3. The highest BCUT2D eigenvalue weighted by molar-refractivity contribution is 9.10. The largest absolute Gasteiger partial charge is 0.357 e. The van der Waals surface area contributed by atoms with E-state index < -0.39 is 0 Å². The van der Waals surface area contributed by atoms with Crippen molar-refractivity contribution >= 4 is 27.8 Å². The molecular weight excluding hydrogens is 356 g/mol. The number of aliphatic imine (C=N–C) groups is 1. The van der Waals surface area contributed by atoms with Crippen LogP contribution in [0.3, 0.4) is 0 Å². The standard InChI is InChI=1S/C17H27BrN4O/c1-5-19-17(22-13(4)12(2)3)21-10-9-20-16(23)14-7-6-8-15(18)11-14/h6-8,11-13H,5,9-10H2,1-4H3,(H,20,23)(H2,19,21,22). The predicted octanol–water partition coefficient (Wildman–Crippen LogP) is 2.78. The van der Waals surface area contributed by atoms with Crippen molar-refractivity contribution in [3.05, 3.63) is 34.3 Å². The molecule has 5 nitrogen and oxygen atoms in total. The summed E-state index contributed by atoms with van der Waals surface area (Å²) in [6, 6.07) is 7.67. The fourth-order valence-electron chi connectivity index (χ4n) is 1.77. The van der Waals surface area contributed by atoms with Crippen LogP contribution >= 0.6 is 15.9 Å². The van der Waals surface area contributed by atoms with E-state index in [0.29, 0.717) is 30.6 Å². The molecule has 0 saturated heterocycles. The summed E-state index contributed by atoms with van der Waals surface area (Å²) in [5.41, 5.74) is 0.641. The Labute approximate surface area is 147 Å². The van der Waals surface area contributed by atoms with Crippen molar-refractivity contribution in [3.8, 4) is 0 Å². The first-order valence-electron chi connectivity index (χ1n) is 8.02. The van der Waals surface area contributed by atoms with Crippen LogP contribution in [-0.4, -0.2) is 37.5 Å². The number of rotatable bonds is 7. The van der Waals surface area contributed by atoms with Crippen LogP contribution in [0.25, 0.3) is 0 Å². The van der Waals surface area contributed by atoms with Gasteiger partial charge >= 0.3 is 0 Å². The van der Waals surface area contributed by atoms with Gasteiger partial charge in [-0.3, -0.25) is 9.79 Å². The van der Waals surface area contributed by atoms with Crippen molar-refractivity contribution in [1.82, 2.24) is 16.0 Å². The third-order valence-corrected chi connectivity index (χ3v) is 3.96. The van der Waals surface area contributed by atoms with E-state index in [1.54, 1.807) is 12.1 Å². The van der Waals surface area contributed by atoms with Crippen LogP contribution in [-0.2, 0) is 0 Å². The zero-order valence-electron chi connectivity index (χ0n) is 14.3. The number of nitrogens with one attached hydrogen (secondary N) is 3. The third kappa shape index (κ3) is 7.50. The molecule has 1 aromatic carbocycles. The maximum Gasteiger partial charge on any atom is 0.251 e. The van der Waals surface area contributed by atoms with Crippen LogP contribution in [0.5, 0.6) is 0 Å². The molecule has 0 spiro atoms. The van der Waals surface area contributed by atoms with E-state index in [9.17, 15) is 4.79 Å². The van der Waals surface area contributed by atoms with Gasteiger partial charge in [0.1, 0.15) is 0 Å². The maximum absolute atomic E-state index is 12.0. The molecule has 0 saturated carbocycles. The highest BCUT2D eigenvalue weighted by atomic mass is 79.9. The van der Waals surface area contributed by atoms with Crippen LogP contribution in [0.15, 0.2) is 33.7 Å². The lowest BCUT2D eigenvalue weighted by atomic mass is 10.1. The second-order valence-electron chi connectivity index (χ2n) is 5.70. The van der Waals surface area contributed by atoms with E-state index >= 15 is 0 Å². The van der Waals surface area contributed by atoms with E-state index in [4.69, 9.17) is 0 Å². The number of halogens is 1. The molecule has 1 atom stereocenters. The fourth-order valence-corrected chi connectivity index (χ4v) is 2.17. The molecule has 1 aromatic rings. The highest BCUT2D eigenvalue weighted by Crippen LogP contribution is 2.11. The van der Waals surface area contributed by atoms with Crippen molar-refractivity contribution in [3.63, 3.8) is 0 Å². The summed E-state index contributed by atoms with van der Waals surface area (Å²) in [7, 11) is 0. The molecule has 0 aliphatic rings. The van der Waals surface area contributed by atoms with Gasteiger partial charge in [-0.25, -0.2) is 0 Å². The summed E-state index contributed by atoms with van der Waals surface area (Å²) in [5.74, 6) is 1.22. The lowest BCUT2D eigenvalue weighted by molar-refractivity contribution is 0.0954. The Morgan fingerprint density at radius 2 is 2.00 bits per heavy atom. The molecule has 1 rings (SSSR count). The average molecular weight is 383 g/mol. The van der Waals surface area contributed by atoms with Gasteiger partial charge in [0.25, 0.3) is 5.91 Å². The Morgan fingerprint density at radius 1 is 1.26 bits per heavy atom. The Kier molecular flexibility index (Phi) is 8.69. The molecule has 0 aliphatic heterocycles. The number of hydrogen-bond donors (Lipinski definition) is 3. The molecule has 0 fully saturated rings. The van der Waals surface area contributed by atoms with Gasteiger partial charge in [-0.05, 0) is 38.0 Å². The molecule has 1 unspecified atom stereocenters. The monoisotopic (exact) mass is 382 g/mol. The van der Waals surface area contributed by atoms with Gasteiger partial charge in [-0.2, -0.15) is 0 Å². The van der Waals surface area contributed by atoms with Gasteiger partial charge in [0.2, 0.25) is 0 Å². The Bertz CT molecular complexity index is 531. The van der Waals surface area contributed by atoms with E-state index in [1.165, 1.54) is 0 Å². The van der Waals surface area contributed by atoms with Crippen LogP contribution in [0.2, 0.25) is 0 Å². The number of amides is 1.